The predicted molar refractivity (Wildman–Crippen MR) is 78.4 cm³/mol. The van der Waals surface area contributed by atoms with Crippen LogP contribution in [0.2, 0.25) is 0 Å². The predicted octanol–water partition coefficient (Wildman–Crippen LogP) is 2.42. The second-order valence-corrected chi connectivity index (χ2v) is 5.64. The van der Waals surface area contributed by atoms with E-state index in [2.05, 4.69) is 28.9 Å². The summed E-state index contributed by atoms with van der Waals surface area (Å²) in [5.41, 5.74) is 6.02. The van der Waals surface area contributed by atoms with Gasteiger partial charge in [0.05, 0.1) is 0 Å². The van der Waals surface area contributed by atoms with Gasteiger partial charge in [-0.3, -0.25) is 5.10 Å². The van der Waals surface area contributed by atoms with Crippen molar-refractivity contribution < 1.29 is 0 Å². The first-order valence-corrected chi connectivity index (χ1v) is 7.67. The summed E-state index contributed by atoms with van der Waals surface area (Å²) in [6, 6.07) is 0.262. The maximum Gasteiger partial charge on any atom is 0.244 e. The molecule has 0 aliphatic carbocycles. The maximum absolute atomic E-state index is 6.02. The van der Waals surface area contributed by atoms with Crippen LogP contribution in [0, 0.1) is 0 Å². The van der Waals surface area contributed by atoms with Gasteiger partial charge in [0.1, 0.15) is 5.82 Å². The Morgan fingerprint density at radius 2 is 2.11 bits per heavy atom. The third-order valence-corrected chi connectivity index (χ3v) is 3.89. The van der Waals surface area contributed by atoms with Crippen LogP contribution in [0.15, 0.2) is 0 Å². The summed E-state index contributed by atoms with van der Waals surface area (Å²) >= 11 is 0. The Hall–Kier alpha value is -1.10. The second kappa shape index (κ2) is 6.89. The number of nitrogens with one attached hydrogen (secondary N) is 1. The summed E-state index contributed by atoms with van der Waals surface area (Å²) in [5, 5.41) is 7.54. The Balaban J connectivity index is 2.04. The molecule has 1 aliphatic heterocycles. The fourth-order valence-electron chi connectivity index (χ4n) is 2.90. The van der Waals surface area contributed by atoms with Gasteiger partial charge in [-0.2, -0.15) is 4.98 Å². The van der Waals surface area contributed by atoms with E-state index in [-0.39, 0.29) is 6.04 Å². The molecule has 1 aliphatic rings. The molecule has 19 heavy (non-hydrogen) atoms. The van der Waals surface area contributed by atoms with Crippen LogP contribution in [0.3, 0.4) is 0 Å². The van der Waals surface area contributed by atoms with E-state index >= 15 is 0 Å². The van der Waals surface area contributed by atoms with E-state index in [9.17, 15) is 0 Å². The van der Waals surface area contributed by atoms with Gasteiger partial charge < -0.3 is 10.6 Å². The van der Waals surface area contributed by atoms with Crippen LogP contribution in [0.5, 0.6) is 0 Å². The summed E-state index contributed by atoms with van der Waals surface area (Å²) in [7, 11) is 0. The van der Waals surface area contributed by atoms with Gasteiger partial charge in [-0.1, -0.05) is 26.7 Å². The first-order valence-electron chi connectivity index (χ1n) is 7.67. The standard InChI is InChI=1S/C14H27N5/c1-3-6-11(7-4-2)13-16-14(18-17-13)19-9-5-8-12(15)10-19/h11-12H,3-10,15H2,1-2H3,(H,16,17,18). The highest BCUT2D eigenvalue weighted by Crippen LogP contribution is 2.25. The molecule has 1 atom stereocenters. The molecule has 1 unspecified atom stereocenters. The van der Waals surface area contributed by atoms with Crippen LogP contribution < -0.4 is 10.6 Å². The number of nitrogens with two attached hydrogens (primary N) is 1. The van der Waals surface area contributed by atoms with Gasteiger partial charge in [-0.15, -0.1) is 5.10 Å². The van der Waals surface area contributed by atoms with Crippen LogP contribution in [-0.2, 0) is 0 Å². The van der Waals surface area contributed by atoms with Crippen LogP contribution in [0.25, 0.3) is 0 Å². The Kier molecular flexibility index (Phi) is 5.19. The van der Waals surface area contributed by atoms with Crippen LogP contribution in [0.1, 0.15) is 64.1 Å². The molecule has 1 aromatic heterocycles. The zero-order valence-electron chi connectivity index (χ0n) is 12.2. The molecule has 1 saturated heterocycles. The first kappa shape index (κ1) is 14.3. The lowest BCUT2D eigenvalue weighted by Crippen LogP contribution is -2.43. The highest BCUT2D eigenvalue weighted by molar-refractivity contribution is 5.30. The molecule has 0 spiro atoms. The molecule has 5 heteroatoms. The van der Waals surface area contributed by atoms with Crippen molar-refractivity contribution >= 4 is 5.95 Å². The molecular weight excluding hydrogens is 238 g/mol. The van der Waals surface area contributed by atoms with E-state index in [0.717, 1.165) is 37.7 Å². The van der Waals surface area contributed by atoms with Crippen molar-refractivity contribution in [2.75, 3.05) is 18.0 Å². The number of anilines is 1. The number of piperidine rings is 1. The Labute approximate surface area is 116 Å². The van der Waals surface area contributed by atoms with E-state index in [1.807, 2.05) is 0 Å². The van der Waals surface area contributed by atoms with E-state index in [4.69, 9.17) is 10.7 Å². The third-order valence-electron chi connectivity index (χ3n) is 3.89. The first-order chi connectivity index (χ1) is 9.24. The minimum Gasteiger partial charge on any atom is -0.338 e. The lowest BCUT2D eigenvalue weighted by molar-refractivity contribution is 0.499. The molecule has 0 aromatic carbocycles. The normalized spacial score (nSPS) is 20.2. The molecule has 0 amide bonds. The third kappa shape index (κ3) is 3.69. The smallest absolute Gasteiger partial charge is 0.244 e. The Morgan fingerprint density at radius 3 is 2.74 bits per heavy atom. The van der Waals surface area contributed by atoms with E-state index in [1.165, 1.54) is 25.7 Å². The Morgan fingerprint density at radius 1 is 1.37 bits per heavy atom. The number of hydrogen-bond acceptors (Lipinski definition) is 4. The monoisotopic (exact) mass is 265 g/mol. The van der Waals surface area contributed by atoms with Crippen molar-refractivity contribution in [1.82, 2.24) is 15.2 Å². The van der Waals surface area contributed by atoms with Gasteiger partial charge in [0.25, 0.3) is 0 Å². The maximum atomic E-state index is 6.02. The van der Waals surface area contributed by atoms with Crippen molar-refractivity contribution in [3.05, 3.63) is 5.82 Å². The van der Waals surface area contributed by atoms with Gasteiger partial charge in [0, 0.05) is 25.0 Å². The van der Waals surface area contributed by atoms with Crippen molar-refractivity contribution in [2.24, 2.45) is 5.73 Å². The van der Waals surface area contributed by atoms with Gasteiger partial charge in [-0.05, 0) is 25.7 Å². The number of aromatic nitrogens is 3. The van der Waals surface area contributed by atoms with Crippen molar-refractivity contribution in [2.45, 2.75) is 64.3 Å². The topological polar surface area (TPSA) is 70.8 Å². The number of rotatable bonds is 6. The van der Waals surface area contributed by atoms with Crippen molar-refractivity contribution in [1.29, 1.82) is 0 Å². The van der Waals surface area contributed by atoms with Crippen LogP contribution >= 0.6 is 0 Å². The largest absolute Gasteiger partial charge is 0.338 e. The highest BCUT2D eigenvalue weighted by atomic mass is 15.4. The Bertz CT molecular complexity index is 350. The molecule has 0 saturated carbocycles. The fraction of sp³-hybridized carbons (Fsp3) is 0.857. The van der Waals surface area contributed by atoms with Crippen LogP contribution in [0.4, 0.5) is 5.95 Å². The molecule has 0 bridgehead atoms. The molecule has 2 rings (SSSR count). The van der Waals surface area contributed by atoms with E-state index in [1.54, 1.807) is 0 Å². The van der Waals surface area contributed by atoms with E-state index in [0.29, 0.717) is 5.92 Å². The number of nitrogens with zero attached hydrogens (tertiary/aromatic N) is 3. The SMILES string of the molecule is CCCC(CCC)c1nc(N2CCCC(N)C2)n[nH]1. The fourth-order valence-corrected chi connectivity index (χ4v) is 2.90. The van der Waals surface area contributed by atoms with Crippen LogP contribution in [-0.4, -0.2) is 34.3 Å². The quantitative estimate of drug-likeness (QED) is 0.828. The molecule has 3 N–H and O–H groups in total. The van der Waals surface area contributed by atoms with Gasteiger partial charge in [0.2, 0.25) is 5.95 Å². The van der Waals surface area contributed by atoms with Crippen molar-refractivity contribution in [3.63, 3.8) is 0 Å². The number of H-pyrrole nitrogens is 1. The summed E-state index contributed by atoms with van der Waals surface area (Å²) in [6.45, 7) is 6.36. The van der Waals surface area contributed by atoms with Gasteiger partial charge in [0.15, 0.2) is 0 Å². The second-order valence-electron chi connectivity index (χ2n) is 5.64. The lowest BCUT2D eigenvalue weighted by atomic mass is 9.98. The minimum absolute atomic E-state index is 0.262. The zero-order chi connectivity index (χ0) is 13.7. The average molecular weight is 265 g/mol. The summed E-state index contributed by atoms with van der Waals surface area (Å²) < 4.78 is 0. The van der Waals surface area contributed by atoms with Crippen molar-refractivity contribution in [3.8, 4) is 0 Å². The molecule has 1 fully saturated rings. The lowest BCUT2D eigenvalue weighted by Gasteiger charge is -2.29. The molecule has 1 aromatic rings. The average Bonchev–Trinajstić information content (AvgIpc) is 2.88. The molecule has 5 nitrogen and oxygen atoms in total. The number of hydrogen-bond donors (Lipinski definition) is 2. The van der Waals surface area contributed by atoms with E-state index < -0.39 is 0 Å². The summed E-state index contributed by atoms with van der Waals surface area (Å²) in [5.74, 6) is 2.41. The zero-order valence-corrected chi connectivity index (χ0v) is 12.2. The summed E-state index contributed by atoms with van der Waals surface area (Å²) in [6.07, 6.45) is 7.00. The minimum atomic E-state index is 0.262. The summed E-state index contributed by atoms with van der Waals surface area (Å²) in [4.78, 5) is 6.92. The molecular formula is C14H27N5. The molecule has 2 heterocycles. The molecule has 0 radical (unpaired) electrons. The molecule has 108 valence electrons. The van der Waals surface area contributed by atoms with Gasteiger partial charge in [-0.25, -0.2) is 0 Å². The highest BCUT2D eigenvalue weighted by Gasteiger charge is 2.22. The number of aromatic amines is 1. The van der Waals surface area contributed by atoms with Gasteiger partial charge >= 0.3 is 0 Å².